The monoisotopic (exact) mass is 414 g/mol. The van der Waals surface area contributed by atoms with Crippen molar-refractivity contribution in [2.75, 3.05) is 18.5 Å². The maximum atomic E-state index is 12.6. The lowest BCUT2D eigenvalue weighted by atomic mass is 10.1. The molecule has 0 spiro atoms. The number of nitrogens with zero attached hydrogens (tertiary/aromatic N) is 3. The molecule has 1 aromatic carbocycles. The fraction of sp³-hybridized carbons (Fsp3) is 0.524. The predicted octanol–water partition coefficient (Wildman–Crippen LogP) is 3.28. The maximum Gasteiger partial charge on any atom is 0.231 e. The Morgan fingerprint density at radius 3 is 2.79 bits per heavy atom. The maximum absolute atomic E-state index is 12.6. The van der Waals surface area contributed by atoms with Gasteiger partial charge in [0.2, 0.25) is 16.9 Å². The number of benzene rings is 1. The van der Waals surface area contributed by atoms with E-state index in [9.17, 15) is 9.59 Å². The number of hydrogen-bond donors (Lipinski definition) is 1. The summed E-state index contributed by atoms with van der Waals surface area (Å²) in [6.07, 6.45) is 6.35. The molecule has 2 heterocycles. The predicted molar refractivity (Wildman–Crippen MR) is 111 cm³/mol. The van der Waals surface area contributed by atoms with E-state index in [0.29, 0.717) is 30.7 Å². The first-order chi connectivity index (χ1) is 14.2. The van der Waals surface area contributed by atoms with Gasteiger partial charge in [0.25, 0.3) is 0 Å². The summed E-state index contributed by atoms with van der Waals surface area (Å²) in [4.78, 5) is 26.8. The summed E-state index contributed by atoms with van der Waals surface area (Å²) in [6, 6.07) is 10.0. The number of amides is 2. The first kappa shape index (κ1) is 19.8. The van der Waals surface area contributed by atoms with Crippen LogP contribution in [-0.2, 0) is 16.0 Å². The van der Waals surface area contributed by atoms with Gasteiger partial charge in [0.15, 0.2) is 0 Å². The van der Waals surface area contributed by atoms with Crippen LogP contribution in [0.3, 0.4) is 0 Å². The number of carbonyl (C=O) groups is 2. The van der Waals surface area contributed by atoms with Crippen molar-refractivity contribution in [3.8, 4) is 5.75 Å². The van der Waals surface area contributed by atoms with E-state index in [-0.39, 0.29) is 17.7 Å². The van der Waals surface area contributed by atoms with Crippen LogP contribution < -0.4 is 10.1 Å². The Labute approximate surface area is 174 Å². The number of likely N-dealkylation sites (tertiary alicyclic amines) is 1. The minimum atomic E-state index is -0.297. The largest absolute Gasteiger partial charge is 0.494 e. The number of para-hydroxylation sites is 1. The summed E-state index contributed by atoms with van der Waals surface area (Å²) >= 11 is 1.38. The smallest absolute Gasteiger partial charge is 0.231 e. The highest BCUT2D eigenvalue weighted by atomic mass is 32.1. The lowest BCUT2D eigenvalue weighted by molar-refractivity contribution is -0.129. The molecule has 1 atom stereocenters. The molecule has 29 heavy (non-hydrogen) atoms. The van der Waals surface area contributed by atoms with Gasteiger partial charge >= 0.3 is 0 Å². The fourth-order valence-corrected chi connectivity index (χ4v) is 4.80. The van der Waals surface area contributed by atoms with Gasteiger partial charge in [0.05, 0.1) is 12.5 Å². The van der Waals surface area contributed by atoms with Crippen LogP contribution in [0.2, 0.25) is 0 Å². The van der Waals surface area contributed by atoms with Crippen molar-refractivity contribution in [3.05, 3.63) is 35.3 Å². The van der Waals surface area contributed by atoms with Crippen LogP contribution in [-0.4, -0.2) is 46.1 Å². The summed E-state index contributed by atoms with van der Waals surface area (Å²) in [7, 11) is 0. The number of carbonyl (C=O) groups excluding carboxylic acids is 2. The van der Waals surface area contributed by atoms with Crippen molar-refractivity contribution in [3.63, 3.8) is 0 Å². The van der Waals surface area contributed by atoms with Crippen LogP contribution in [0.4, 0.5) is 5.13 Å². The molecular formula is C21H26N4O3S. The fourth-order valence-electron chi connectivity index (χ4n) is 4.02. The quantitative estimate of drug-likeness (QED) is 0.670. The lowest BCUT2D eigenvalue weighted by Gasteiger charge is -2.23. The average Bonchev–Trinajstić information content (AvgIpc) is 3.47. The van der Waals surface area contributed by atoms with Crippen molar-refractivity contribution in [1.82, 2.24) is 15.1 Å². The third-order valence-corrected chi connectivity index (χ3v) is 6.44. The number of hydrogen-bond acceptors (Lipinski definition) is 6. The van der Waals surface area contributed by atoms with Gasteiger partial charge in [0.1, 0.15) is 10.8 Å². The van der Waals surface area contributed by atoms with Crippen LogP contribution >= 0.6 is 11.3 Å². The number of nitrogens with one attached hydrogen (secondary N) is 1. The Bertz CT molecular complexity index is 835. The lowest BCUT2D eigenvalue weighted by Crippen LogP contribution is -2.35. The van der Waals surface area contributed by atoms with Gasteiger partial charge in [-0.2, -0.15) is 0 Å². The van der Waals surface area contributed by atoms with Crippen LogP contribution in [0, 0.1) is 5.92 Å². The van der Waals surface area contributed by atoms with E-state index in [2.05, 4.69) is 15.5 Å². The van der Waals surface area contributed by atoms with Crippen LogP contribution in [0.5, 0.6) is 5.75 Å². The van der Waals surface area contributed by atoms with Gasteiger partial charge in [-0.25, -0.2) is 0 Å². The zero-order chi connectivity index (χ0) is 20.1. The normalized spacial score (nSPS) is 19.7. The van der Waals surface area contributed by atoms with E-state index in [0.717, 1.165) is 36.4 Å². The van der Waals surface area contributed by atoms with Crippen molar-refractivity contribution in [2.45, 2.75) is 51.0 Å². The Morgan fingerprint density at radius 2 is 2.00 bits per heavy atom. The Balaban J connectivity index is 1.21. The van der Waals surface area contributed by atoms with Gasteiger partial charge in [-0.1, -0.05) is 42.4 Å². The molecule has 2 amide bonds. The van der Waals surface area contributed by atoms with Gasteiger partial charge in [0, 0.05) is 25.4 Å². The molecule has 1 aliphatic heterocycles. The summed E-state index contributed by atoms with van der Waals surface area (Å²) in [6.45, 7) is 1.13. The summed E-state index contributed by atoms with van der Waals surface area (Å²) in [5, 5.41) is 12.4. The first-order valence-corrected chi connectivity index (χ1v) is 11.1. The van der Waals surface area contributed by atoms with Crippen LogP contribution in [0.1, 0.15) is 43.5 Å². The van der Waals surface area contributed by atoms with Crippen molar-refractivity contribution in [1.29, 1.82) is 0 Å². The Kier molecular flexibility index (Phi) is 6.39. The van der Waals surface area contributed by atoms with Gasteiger partial charge < -0.3 is 15.0 Å². The molecular weight excluding hydrogens is 388 g/mol. The van der Waals surface area contributed by atoms with Gasteiger partial charge in [-0.05, 0) is 31.4 Å². The molecule has 1 N–H and O–H groups in total. The highest BCUT2D eigenvalue weighted by Gasteiger charge is 2.38. The first-order valence-electron chi connectivity index (χ1n) is 10.3. The van der Waals surface area contributed by atoms with Crippen molar-refractivity contribution >= 4 is 28.3 Å². The van der Waals surface area contributed by atoms with E-state index in [4.69, 9.17) is 4.74 Å². The van der Waals surface area contributed by atoms with E-state index in [1.807, 2.05) is 35.2 Å². The molecule has 2 aromatic rings. The second-order valence-electron chi connectivity index (χ2n) is 7.64. The Hall–Kier alpha value is -2.48. The molecule has 1 saturated carbocycles. The molecule has 2 aliphatic rings. The molecule has 7 nitrogen and oxygen atoms in total. The minimum absolute atomic E-state index is 0.105. The highest BCUT2D eigenvalue weighted by Crippen LogP contribution is 2.30. The van der Waals surface area contributed by atoms with E-state index >= 15 is 0 Å². The van der Waals surface area contributed by atoms with Gasteiger partial charge in [-0.3, -0.25) is 9.59 Å². The topological polar surface area (TPSA) is 84.4 Å². The minimum Gasteiger partial charge on any atom is -0.494 e. The number of anilines is 1. The SMILES string of the molecule is O=C(Nc1nnc(CCCOc2ccccc2)s1)C1CC(=O)N(C2CCCC2)C1. The average molecular weight is 415 g/mol. The number of aromatic nitrogens is 2. The molecule has 0 bridgehead atoms. The summed E-state index contributed by atoms with van der Waals surface area (Å²) < 4.78 is 5.68. The molecule has 0 radical (unpaired) electrons. The third-order valence-electron chi connectivity index (χ3n) is 5.54. The molecule has 154 valence electrons. The van der Waals surface area contributed by atoms with Crippen LogP contribution in [0.25, 0.3) is 0 Å². The number of ether oxygens (including phenoxy) is 1. The molecule has 1 aliphatic carbocycles. The van der Waals surface area contributed by atoms with Crippen molar-refractivity contribution in [2.24, 2.45) is 5.92 Å². The van der Waals surface area contributed by atoms with Gasteiger partial charge in [-0.15, -0.1) is 10.2 Å². The summed E-state index contributed by atoms with van der Waals surface area (Å²) in [5.74, 6) is 0.535. The van der Waals surface area contributed by atoms with E-state index in [1.54, 1.807) is 0 Å². The second kappa shape index (κ2) is 9.35. The van der Waals surface area contributed by atoms with E-state index in [1.165, 1.54) is 24.2 Å². The van der Waals surface area contributed by atoms with Crippen LogP contribution in [0.15, 0.2) is 30.3 Å². The molecule has 8 heteroatoms. The zero-order valence-corrected chi connectivity index (χ0v) is 17.2. The standard InChI is InChI=1S/C21H26N4O3S/c26-19-13-15(14-25(19)16-7-4-5-8-16)20(27)22-21-24-23-18(29-21)11-6-12-28-17-9-2-1-3-10-17/h1-3,9-10,15-16H,4-8,11-14H2,(H,22,24,27). The molecule has 4 rings (SSSR count). The molecule has 1 saturated heterocycles. The third kappa shape index (κ3) is 5.12. The molecule has 1 unspecified atom stereocenters. The second-order valence-corrected chi connectivity index (χ2v) is 8.70. The molecule has 1 aromatic heterocycles. The number of aryl methyl sites for hydroxylation is 1. The van der Waals surface area contributed by atoms with E-state index < -0.39 is 0 Å². The highest BCUT2D eigenvalue weighted by molar-refractivity contribution is 7.15. The number of rotatable bonds is 8. The molecule has 2 fully saturated rings. The summed E-state index contributed by atoms with van der Waals surface area (Å²) in [5.41, 5.74) is 0. The Morgan fingerprint density at radius 1 is 1.21 bits per heavy atom. The van der Waals surface area contributed by atoms with Crippen molar-refractivity contribution < 1.29 is 14.3 Å². The zero-order valence-electron chi connectivity index (χ0n) is 16.4.